The van der Waals surface area contributed by atoms with Crippen molar-refractivity contribution in [3.05, 3.63) is 0 Å². The average molecular weight is 307 g/mol. The molecule has 0 nitrogen and oxygen atoms in total. The zero-order valence-electron chi connectivity index (χ0n) is 15.3. The Morgan fingerprint density at radius 2 is 0.409 bits per heavy atom. The van der Waals surface area contributed by atoms with Gasteiger partial charge < -0.3 is 0 Å². The van der Waals surface area contributed by atoms with Crippen LogP contribution >= 0.6 is 0 Å². The molecule has 22 heavy (non-hydrogen) atoms. The number of hydrogen-bond donors (Lipinski definition) is 0. The molecule has 0 unspecified atom stereocenters. The van der Waals surface area contributed by atoms with Crippen LogP contribution in [0.5, 0.6) is 0 Å². The van der Waals surface area contributed by atoms with Crippen molar-refractivity contribution in [1.82, 2.24) is 0 Å². The predicted octanol–water partition coefficient (Wildman–Crippen LogP) is 8.05. The third kappa shape index (κ3) is 8.02. The van der Waals surface area contributed by atoms with E-state index in [1.165, 1.54) is 103 Å². The van der Waals surface area contributed by atoms with Gasteiger partial charge in [-0.3, -0.25) is 0 Å². The highest BCUT2D eigenvalue weighted by molar-refractivity contribution is 4.73. The Hall–Kier alpha value is 0. The van der Waals surface area contributed by atoms with Gasteiger partial charge in [0.25, 0.3) is 0 Å². The Labute approximate surface area is 140 Å². The van der Waals surface area contributed by atoms with E-state index in [1.807, 2.05) is 0 Å². The minimum Gasteiger partial charge on any atom is -0.0533 e. The van der Waals surface area contributed by atoms with Crippen LogP contribution in [0.15, 0.2) is 0 Å². The van der Waals surface area contributed by atoms with E-state index in [-0.39, 0.29) is 0 Å². The Bertz CT molecular complexity index is 222. The highest BCUT2D eigenvalue weighted by Crippen LogP contribution is 2.34. The minimum atomic E-state index is 1.08. The molecule has 0 heterocycles. The molecule has 0 spiro atoms. The van der Waals surface area contributed by atoms with Crippen LogP contribution in [0.4, 0.5) is 0 Å². The Kier molecular flexibility index (Phi) is 10.4. The van der Waals surface area contributed by atoms with Gasteiger partial charge in [0, 0.05) is 0 Å². The van der Waals surface area contributed by atoms with Gasteiger partial charge in [0.15, 0.2) is 0 Å². The monoisotopic (exact) mass is 306 g/mol. The van der Waals surface area contributed by atoms with Crippen molar-refractivity contribution in [3.8, 4) is 0 Å². The molecule has 2 aliphatic carbocycles. The van der Waals surface area contributed by atoms with Gasteiger partial charge in [0.2, 0.25) is 0 Å². The Balaban J connectivity index is 1.81. The Morgan fingerprint density at radius 3 is 0.636 bits per heavy atom. The normalized spacial score (nSPS) is 26.7. The van der Waals surface area contributed by atoms with E-state index in [9.17, 15) is 0 Å². The summed E-state index contributed by atoms with van der Waals surface area (Å²) in [6.07, 6.45) is 30.5. The average Bonchev–Trinajstić information content (AvgIpc) is 2.53. The van der Waals surface area contributed by atoms with Crippen LogP contribution in [-0.4, -0.2) is 0 Å². The maximum absolute atomic E-state index is 1.56. The lowest BCUT2D eigenvalue weighted by Gasteiger charge is -2.29. The molecular weight excluding hydrogens is 264 g/mol. The molecule has 0 aromatic carbocycles. The Morgan fingerprint density at radius 1 is 0.227 bits per heavy atom. The number of rotatable bonds is 1. The van der Waals surface area contributed by atoms with Gasteiger partial charge >= 0.3 is 0 Å². The molecule has 0 bridgehead atoms. The first-order chi connectivity index (χ1) is 11.0. The van der Waals surface area contributed by atoms with Gasteiger partial charge in [-0.05, 0) is 11.8 Å². The summed E-state index contributed by atoms with van der Waals surface area (Å²) in [7, 11) is 0. The predicted molar refractivity (Wildman–Crippen MR) is 99.3 cm³/mol. The first kappa shape index (κ1) is 18.3. The fourth-order valence-corrected chi connectivity index (χ4v) is 4.98. The fraction of sp³-hybridized carbons (Fsp3) is 1.00. The standard InChI is InChI=1S/C22H42/c1-2-5-9-13-17-21(18-14-10-6-3-1)22-19-15-11-7-4-8-12-16-20-22/h21-22H,1-20H2. The highest BCUT2D eigenvalue weighted by atomic mass is 14.3. The second kappa shape index (κ2) is 12.4. The molecule has 0 aromatic heterocycles. The summed E-state index contributed by atoms with van der Waals surface area (Å²) in [5, 5.41) is 0. The summed E-state index contributed by atoms with van der Waals surface area (Å²) in [6, 6.07) is 0. The van der Waals surface area contributed by atoms with E-state index in [0.29, 0.717) is 0 Å². The SMILES string of the molecule is C1CCCCCC(C2CCCCCCCCC2)CCCCC1. The molecule has 0 aromatic rings. The van der Waals surface area contributed by atoms with Crippen LogP contribution in [0.3, 0.4) is 0 Å². The fourth-order valence-electron chi connectivity index (χ4n) is 4.98. The molecule has 2 fully saturated rings. The van der Waals surface area contributed by atoms with E-state index in [4.69, 9.17) is 0 Å². The zero-order chi connectivity index (χ0) is 15.3. The second-order valence-electron chi connectivity index (χ2n) is 8.33. The summed E-state index contributed by atoms with van der Waals surface area (Å²) in [5.41, 5.74) is 0. The van der Waals surface area contributed by atoms with Crippen molar-refractivity contribution < 1.29 is 0 Å². The first-order valence-electron chi connectivity index (χ1n) is 11.0. The van der Waals surface area contributed by atoms with Gasteiger partial charge in [0.1, 0.15) is 0 Å². The van der Waals surface area contributed by atoms with Gasteiger partial charge in [0.05, 0.1) is 0 Å². The molecule has 2 rings (SSSR count). The van der Waals surface area contributed by atoms with Crippen LogP contribution in [-0.2, 0) is 0 Å². The molecule has 0 aliphatic heterocycles. The smallest absolute Gasteiger partial charge is 0.0386 e. The third-order valence-electron chi connectivity index (χ3n) is 6.47. The molecule has 0 atom stereocenters. The molecule has 0 N–H and O–H groups in total. The molecule has 130 valence electrons. The lowest BCUT2D eigenvalue weighted by molar-refractivity contribution is 0.232. The molecule has 2 aliphatic rings. The molecule has 2 saturated carbocycles. The van der Waals surface area contributed by atoms with Gasteiger partial charge in [-0.2, -0.15) is 0 Å². The summed E-state index contributed by atoms with van der Waals surface area (Å²) in [4.78, 5) is 0. The van der Waals surface area contributed by atoms with Crippen LogP contribution in [0.2, 0.25) is 0 Å². The molecular formula is C22H42. The van der Waals surface area contributed by atoms with Gasteiger partial charge in [-0.15, -0.1) is 0 Å². The van der Waals surface area contributed by atoms with Crippen LogP contribution in [0, 0.1) is 11.8 Å². The van der Waals surface area contributed by atoms with Crippen LogP contribution in [0.25, 0.3) is 0 Å². The van der Waals surface area contributed by atoms with E-state index in [2.05, 4.69) is 0 Å². The maximum atomic E-state index is 1.56. The molecule has 0 radical (unpaired) electrons. The van der Waals surface area contributed by atoms with E-state index >= 15 is 0 Å². The van der Waals surface area contributed by atoms with Crippen molar-refractivity contribution in [3.63, 3.8) is 0 Å². The molecule has 0 saturated heterocycles. The molecule has 0 amide bonds. The summed E-state index contributed by atoms with van der Waals surface area (Å²) < 4.78 is 0. The minimum absolute atomic E-state index is 1.08. The lowest BCUT2D eigenvalue weighted by Crippen LogP contribution is -2.16. The van der Waals surface area contributed by atoms with Crippen molar-refractivity contribution >= 4 is 0 Å². The summed E-state index contributed by atoms with van der Waals surface area (Å²) in [6.45, 7) is 0. The topological polar surface area (TPSA) is 0 Å². The quantitative estimate of drug-likeness (QED) is 0.459. The van der Waals surface area contributed by atoms with Crippen molar-refractivity contribution in [1.29, 1.82) is 0 Å². The third-order valence-corrected chi connectivity index (χ3v) is 6.47. The lowest BCUT2D eigenvalue weighted by atomic mass is 9.77. The maximum Gasteiger partial charge on any atom is -0.0386 e. The highest BCUT2D eigenvalue weighted by Gasteiger charge is 2.21. The zero-order valence-corrected chi connectivity index (χ0v) is 15.3. The number of hydrogen-bond acceptors (Lipinski definition) is 0. The van der Waals surface area contributed by atoms with Gasteiger partial charge in [-0.25, -0.2) is 0 Å². The first-order valence-corrected chi connectivity index (χ1v) is 11.0. The second-order valence-corrected chi connectivity index (χ2v) is 8.33. The van der Waals surface area contributed by atoms with Crippen molar-refractivity contribution in [2.45, 2.75) is 128 Å². The molecule has 0 heteroatoms. The van der Waals surface area contributed by atoms with Gasteiger partial charge in [-0.1, -0.05) is 128 Å². The summed E-state index contributed by atoms with van der Waals surface area (Å²) >= 11 is 0. The van der Waals surface area contributed by atoms with Crippen molar-refractivity contribution in [2.24, 2.45) is 11.8 Å². The van der Waals surface area contributed by atoms with E-state index in [0.717, 1.165) is 11.8 Å². The van der Waals surface area contributed by atoms with Crippen molar-refractivity contribution in [2.75, 3.05) is 0 Å². The van der Waals surface area contributed by atoms with Crippen LogP contribution in [0.1, 0.15) is 128 Å². The van der Waals surface area contributed by atoms with E-state index < -0.39 is 0 Å². The van der Waals surface area contributed by atoms with Crippen LogP contribution < -0.4 is 0 Å². The largest absolute Gasteiger partial charge is 0.0533 e. The summed E-state index contributed by atoms with van der Waals surface area (Å²) in [5.74, 6) is 2.17. The van der Waals surface area contributed by atoms with E-state index in [1.54, 1.807) is 25.7 Å².